The van der Waals surface area contributed by atoms with Crippen LogP contribution >= 0.6 is 11.3 Å². The summed E-state index contributed by atoms with van der Waals surface area (Å²) < 4.78 is 0. The highest BCUT2D eigenvalue weighted by Crippen LogP contribution is 2.23. The number of thiophene rings is 1. The summed E-state index contributed by atoms with van der Waals surface area (Å²) in [6.07, 6.45) is 0. The zero-order chi connectivity index (χ0) is 9.97. The van der Waals surface area contributed by atoms with Crippen LogP contribution in [-0.4, -0.2) is 0 Å². The number of benzene rings is 1. The molecule has 2 nitrogen and oxygen atoms in total. The third kappa shape index (κ3) is 1.88. The summed E-state index contributed by atoms with van der Waals surface area (Å²) in [6.45, 7) is 2.06. The maximum Gasteiger partial charge on any atom is 0.0492 e. The predicted octanol–water partition coefficient (Wildman–Crippen LogP) is 3.38. The van der Waals surface area contributed by atoms with Crippen LogP contribution in [0.3, 0.4) is 0 Å². The van der Waals surface area contributed by atoms with E-state index in [2.05, 4.69) is 17.6 Å². The minimum absolute atomic E-state index is 0.785. The molecule has 1 aromatic carbocycles. The SMILES string of the molecule is Cc1ccc(N)cc1Nc1ccsc1. The van der Waals surface area contributed by atoms with Crippen LogP contribution in [0.1, 0.15) is 5.56 Å². The van der Waals surface area contributed by atoms with E-state index in [1.165, 1.54) is 5.56 Å². The number of rotatable bonds is 2. The van der Waals surface area contributed by atoms with Crippen molar-refractivity contribution in [2.24, 2.45) is 0 Å². The van der Waals surface area contributed by atoms with Crippen molar-refractivity contribution >= 4 is 28.4 Å². The number of hydrogen-bond acceptors (Lipinski definition) is 3. The van der Waals surface area contributed by atoms with Gasteiger partial charge in [-0.1, -0.05) is 6.07 Å². The number of aryl methyl sites for hydroxylation is 1. The standard InChI is InChI=1S/C11H12N2S/c1-8-2-3-9(12)6-11(8)13-10-4-5-14-7-10/h2-7,13H,12H2,1H3. The van der Waals surface area contributed by atoms with Gasteiger partial charge < -0.3 is 11.1 Å². The van der Waals surface area contributed by atoms with Crippen molar-refractivity contribution in [3.63, 3.8) is 0 Å². The van der Waals surface area contributed by atoms with Crippen LogP contribution in [0.2, 0.25) is 0 Å². The molecule has 0 radical (unpaired) electrons. The van der Waals surface area contributed by atoms with Gasteiger partial charge in [0.05, 0.1) is 0 Å². The van der Waals surface area contributed by atoms with Crippen LogP contribution in [0.25, 0.3) is 0 Å². The molecule has 0 unspecified atom stereocenters. The maximum atomic E-state index is 5.72. The first-order chi connectivity index (χ1) is 6.75. The molecule has 2 aromatic rings. The van der Waals surface area contributed by atoms with Crippen molar-refractivity contribution in [2.45, 2.75) is 6.92 Å². The number of nitrogens with one attached hydrogen (secondary N) is 1. The van der Waals surface area contributed by atoms with Crippen molar-refractivity contribution in [1.29, 1.82) is 0 Å². The molecule has 0 aliphatic carbocycles. The average Bonchev–Trinajstić information content (AvgIpc) is 2.64. The Hall–Kier alpha value is -1.48. The molecule has 1 aromatic heterocycles. The van der Waals surface area contributed by atoms with Crippen LogP contribution < -0.4 is 11.1 Å². The van der Waals surface area contributed by atoms with Crippen LogP contribution in [0.5, 0.6) is 0 Å². The molecule has 0 fully saturated rings. The van der Waals surface area contributed by atoms with Gasteiger partial charge in [0.2, 0.25) is 0 Å². The molecular weight excluding hydrogens is 192 g/mol. The Morgan fingerprint density at radius 1 is 1.29 bits per heavy atom. The molecule has 0 saturated heterocycles. The lowest BCUT2D eigenvalue weighted by Gasteiger charge is -2.08. The Bertz CT molecular complexity index is 421. The Kier molecular flexibility index (Phi) is 2.41. The van der Waals surface area contributed by atoms with Gasteiger partial charge in [-0.3, -0.25) is 0 Å². The summed E-state index contributed by atoms with van der Waals surface area (Å²) in [7, 11) is 0. The zero-order valence-corrected chi connectivity index (χ0v) is 8.77. The van der Waals surface area contributed by atoms with E-state index in [0.717, 1.165) is 17.1 Å². The Balaban J connectivity index is 2.28. The molecule has 14 heavy (non-hydrogen) atoms. The highest BCUT2D eigenvalue weighted by Gasteiger charge is 1.99. The zero-order valence-electron chi connectivity index (χ0n) is 7.95. The van der Waals surface area contributed by atoms with Crippen molar-refractivity contribution in [3.8, 4) is 0 Å². The highest BCUT2D eigenvalue weighted by atomic mass is 32.1. The van der Waals surface area contributed by atoms with E-state index in [-0.39, 0.29) is 0 Å². The first kappa shape index (κ1) is 9.09. The highest BCUT2D eigenvalue weighted by molar-refractivity contribution is 7.08. The van der Waals surface area contributed by atoms with Crippen molar-refractivity contribution in [3.05, 3.63) is 40.6 Å². The van der Waals surface area contributed by atoms with Gasteiger partial charge in [0, 0.05) is 22.4 Å². The minimum Gasteiger partial charge on any atom is -0.399 e. The molecular formula is C11H12N2S. The van der Waals surface area contributed by atoms with Gasteiger partial charge in [0.1, 0.15) is 0 Å². The smallest absolute Gasteiger partial charge is 0.0492 e. The van der Waals surface area contributed by atoms with E-state index in [1.54, 1.807) is 11.3 Å². The summed E-state index contributed by atoms with van der Waals surface area (Å²) in [5.41, 5.74) is 9.89. The summed E-state index contributed by atoms with van der Waals surface area (Å²) in [4.78, 5) is 0. The van der Waals surface area contributed by atoms with E-state index in [9.17, 15) is 0 Å². The number of nitrogens with two attached hydrogens (primary N) is 1. The molecule has 2 rings (SSSR count). The Labute approximate surface area is 87.4 Å². The molecule has 3 N–H and O–H groups in total. The number of anilines is 3. The van der Waals surface area contributed by atoms with E-state index in [4.69, 9.17) is 5.73 Å². The van der Waals surface area contributed by atoms with Gasteiger partial charge in [-0.05, 0) is 36.1 Å². The molecule has 1 heterocycles. The van der Waals surface area contributed by atoms with Gasteiger partial charge >= 0.3 is 0 Å². The van der Waals surface area contributed by atoms with Crippen molar-refractivity contribution < 1.29 is 0 Å². The van der Waals surface area contributed by atoms with E-state index in [0.29, 0.717) is 0 Å². The van der Waals surface area contributed by atoms with Crippen LogP contribution in [0.4, 0.5) is 17.1 Å². The number of nitrogen functional groups attached to an aromatic ring is 1. The molecule has 72 valence electrons. The Morgan fingerprint density at radius 3 is 2.86 bits per heavy atom. The minimum atomic E-state index is 0.785. The fraction of sp³-hybridized carbons (Fsp3) is 0.0909. The molecule has 0 aliphatic rings. The van der Waals surface area contributed by atoms with Crippen LogP contribution in [0, 0.1) is 6.92 Å². The largest absolute Gasteiger partial charge is 0.399 e. The first-order valence-electron chi connectivity index (χ1n) is 4.41. The van der Waals surface area contributed by atoms with Crippen LogP contribution in [-0.2, 0) is 0 Å². The second-order valence-electron chi connectivity index (χ2n) is 3.21. The van der Waals surface area contributed by atoms with Gasteiger partial charge in [-0.25, -0.2) is 0 Å². The molecule has 0 bridgehead atoms. The summed E-state index contributed by atoms with van der Waals surface area (Å²) in [6, 6.07) is 7.93. The van der Waals surface area contributed by atoms with E-state index < -0.39 is 0 Å². The third-order valence-corrected chi connectivity index (χ3v) is 2.75. The van der Waals surface area contributed by atoms with E-state index >= 15 is 0 Å². The fourth-order valence-electron chi connectivity index (χ4n) is 1.27. The molecule has 0 aliphatic heterocycles. The predicted molar refractivity (Wildman–Crippen MR) is 63.2 cm³/mol. The van der Waals surface area contributed by atoms with Crippen LogP contribution in [0.15, 0.2) is 35.0 Å². The third-order valence-electron chi connectivity index (χ3n) is 2.06. The lowest BCUT2D eigenvalue weighted by molar-refractivity contribution is 1.44. The topological polar surface area (TPSA) is 38.0 Å². The maximum absolute atomic E-state index is 5.72. The molecule has 0 atom stereocenters. The van der Waals surface area contributed by atoms with Crippen molar-refractivity contribution in [2.75, 3.05) is 11.1 Å². The molecule has 0 amide bonds. The number of hydrogen-bond donors (Lipinski definition) is 2. The second-order valence-corrected chi connectivity index (χ2v) is 3.99. The monoisotopic (exact) mass is 204 g/mol. The lowest BCUT2D eigenvalue weighted by atomic mass is 10.2. The summed E-state index contributed by atoms with van der Waals surface area (Å²) >= 11 is 1.68. The van der Waals surface area contributed by atoms with Gasteiger partial charge in [-0.15, -0.1) is 0 Å². The van der Waals surface area contributed by atoms with Gasteiger partial charge in [0.25, 0.3) is 0 Å². The average molecular weight is 204 g/mol. The first-order valence-corrected chi connectivity index (χ1v) is 5.35. The molecule has 0 saturated carbocycles. The molecule has 3 heteroatoms. The normalized spacial score (nSPS) is 10.1. The Morgan fingerprint density at radius 2 is 2.14 bits per heavy atom. The summed E-state index contributed by atoms with van der Waals surface area (Å²) in [5, 5.41) is 7.44. The summed E-state index contributed by atoms with van der Waals surface area (Å²) in [5.74, 6) is 0. The molecule has 0 spiro atoms. The fourth-order valence-corrected chi connectivity index (χ4v) is 1.85. The lowest BCUT2D eigenvalue weighted by Crippen LogP contribution is -1.93. The van der Waals surface area contributed by atoms with E-state index in [1.807, 2.05) is 29.6 Å². The van der Waals surface area contributed by atoms with Gasteiger partial charge in [-0.2, -0.15) is 11.3 Å². The van der Waals surface area contributed by atoms with Gasteiger partial charge in [0.15, 0.2) is 0 Å². The quantitative estimate of drug-likeness (QED) is 0.736. The second kappa shape index (κ2) is 3.72. The van der Waals surface area contributed by atoms with Crippen molar-refractivity contribution in [1.82, 2.24) is 0 Å².